The van der Waals surface area contributed by atoms with Gasteiger partial charge in [-0.05, 0) is 43.5 Å². The Kier molecular flexibility index (Phi) is 7.06. The molecule has 1 unspecified atom stereocenters. The first-order valence-electron chi connectivity index (χ1n) is 9.53. The summed E-state index contributed by atoms with van der Waals surface area (Å²) >= 11 is 1.15. The van der Waals surface area contributed by atoms with E-state index in [1.54, 1.807) is 6.92 Å². The molecule has 1 aliphatic heterocycles. The number of hydroxylamine groups is 2. The molecule has 1 N–H and O–H groups in total. The minimum atomic E-state index is -1.06. The topological polar surface area (TPSA) is 65.4 Å². The summed E-state index contributed by atoms with van der Waals surface area (Å²) in [5.41, 5.74) is 0.718. The van der Waals surface area contributed by atoms with Crippen LogP contribution in [0.25, 0.3) is 0 Å². The number of hydrazone groups is 1. The van der Waals surface area contributed by atoms with E-state index in [-0.39, 0.29) is 23.8 Å². The maximum absolute atomic E-state index is 14.5. The molecule has 2 aromatic carbocycles. The third-order valence-corrected chi connectivity index (χ3v) is 6.07. The molecule has 160 valence electrons. The first-order valence-corrected chi connectivity index (χ1v) is 10.3. The second kappa shape index (κ2) is 9.55. The van der Waals surface area contributed by atoms with Crippen LogP contribution in [0.5, 0.6) is 0 Å². The fourth-order valence-electron chi connectivity index (χ4n) is 3.24. The van der Waals surface area contributed by atoms with Crippen molar-refractivity contribution in [1.29, 1.82) is 0 Å². The van der Waals surface area contributed by atoms with Crippen LogP contribution in [-0.2, 0) is 9.71 Å². The number of aliphatic hydroxyl groups excluding tert-OH is 1. The Morgan fingerprint density at radius 3 is 2.67 bits per heavy atom. The van der Waals surface area contributed by atoms with E-state index >= 15 is 0 Å². The van der Waals surface area contributed by atoms with E-state index in [0.29, 0.717) is 12.8 Å². The number of carbonyl (C=O) groups is 1. The number of hydrogen-bond acceptors (Lipinski definition) is 5. The zero-order chi connectivity index (χ0) is 21.7. The normalized spacial score (nSPS) is 18.4. The molecule has 6 nitrogen and oxygen atoms in total. The van der Waals surface area contributed by atoms with E-state index in [2.05, 4.69) is 5.10 Å². The van der Waals surface area contributed by atoms with E-state index in [0.717, 1.165) is 40.6 Å². The van der Waals surface area contributed by atoms with Gasteiger partial charge in [0, 0.05) is 19.2 Å². The zero-order valence-electron chi connectivity index (χ0n) is 16.7. The van der Waals surface area contributed by atoms with Crippen LogP contribution in [0.3, 0.4) is 0 Å². The Morgan fingerprint density at radius 2 is 2.00 bits per heavy atom. The van der Waals surface area contributed by atoms with Gasteiger partial charge in [-0.1, -0.05) is 42.1 Å². The van der Waals surface area contributed by atoms with Gasteiger partial charge in [-0.25, -0.2) is 18.6 Å². The monoisotopic (exact) mass is 435 g/mol. The number of carbonyl (C=O) groups excluding carboxylic acids is 1. The molecule has 0 aromatic heterocycles. The molecule has 0 bridgehead atoms. The lowest BCUT2D eigenvalue weighted by Crippen LogP contribution is -2.47. The van der Waals surface area contributed by atoms with Crippen molar-refractivity contribution in [3.8, 4) is 0 Å². The van der Waals surface area contributed by atoms with Crippen molar-refractivity contribution in [3.63, 3.8) is 0 Å². The average molecular weight is 435 g/mol. The lowest BCUT2D eigenvalue weighted by molar-refractivity contribution is -0.105. The number of urea groups is 1. The number of amides is 2. The molecule has 0 radical (unpaired) electrons. The molecular formula is C21H23F2N3O3S. The van der Waals surface area contributed by atoms with Gasteiger partial charge in [0.2, 0.25) is 0 Å². The second-order valence-electron chi connectivity index (χ2n) is 6.62. The molecule has 2 amide bonds. The van der Waals surface area contributed by atoms with Crippen LogP contribution in [0, 0.1) is 11.6 Å². The largest absolute Gasteiger partial charge is 0.396 e. The van der Waals surface area contributed by atoms with Crippen molar-refractivity contribution in [3.05, 3.63) is 71.3 Å². The van der Waals surface area contributed by atoms with Gasteiger partial charge in [0.1, 0.15) is 21.5 Å². The lowest BCUT2D eigenvalue weighted by Gasteiger charge is -2.37. The minimum absolute atomic E-state index is 0.0290. The van der Waals surface area contributed by atoms with Crippen molar-refractivity contribution < 1.29 is 23.5 Å². The molecule has 0 saturated heterocycles. The number of aliphatic hydroxyl groups is 1. The van der Waals surface area contributed by atoms with Gasteiger partial charge in [-0.15, -0.1) is 0 Å². The third kappa shape index (κ3) is 4.33. The van der Waals surface area contributed by atoms with Crippen LogP contribution in [0.1, 0.15) is 30.9 Å². The fraction of sp³-hybridized carbons (Fsp3) is 0.333. The molecule has 0 fully saturated rings. The van der Waals surface area contributed by atoms with E-state index in [9.17, 15) is 18.7 Å². The highest BCUT2D eigenvalue weighted by molar-refractivity contribution is 8.15. The molecule has 1 aliphatic rings. The summed E-state index contributed by atoms with van der Waals surface area (Å²) in [5, 5.41) is 16.3. The summed E-state index contributed by atoms with van der Waals surface area (Å²) in [6, 6.07) is 11.7. The second-order valence-corrected chi connectivity index (χ2v) is 7.88. The average Bonchev–Trinajstić information content (AvgIpc) is 3.14. The Balaban J connectivity index is 2.13. The van der Waals surface area contributed by atoms with Crippen molar-refractivity contribution in [2.45, 2.75) is 24.6 Å². The molecule has 2 aromatic rings. The predicted octanol–water partition coefficient (Wildman–Crippen LogP) is 4.30. The molecule has 1 atom stereocenters. The number of nitrogens with zero attached hydrogens (tertiary/aromatic N) is 3. The van der Waals surface area contributed by atoms with Crippen molar-refractivity contribution in [1.82, 2.24) is 10.1 Å². The van der Waals surface area contributed by atoms with Gasteiger partial charge >= 0.3 is 6.03 Å². The number of hydrogen-bond donors (Lipinski definition) is 1. The van der Waals surface area contributed by atoms with Crippen LogP contribution in [0.15, 0.2) is 53.6 Å². The predicted molar refractivity (Wildman–Crippen MR) is 112 cm³/mol. The summed E-state index contributed by atoms with van der Waals surface area (Å²) in [6.45, 7) is 1.92. The van der Waals surface area contributed by atoms with Crippen LogP contribution < -0.4 is 0 Å². The molecule has 9 heteroatoms. The number of halogens is 2. The molecule has 3 rings (SSSR count). The lowest BCUT2D eigenvalue weighted by atomic mass is 10.0. The van der Waals surface area contributed by atoms with Crippen LogP contribution >= 0.6 is 11.8 Å². The first kappa shape index (κ1) is 22.2. The van der Waals surface area contributed by atoms with Crippen LogP contribution in [0.4, 0.5) is 13.6 Å². The third-order valence-electron chi connectivity index (χ3n) is 4.63. The standard InChI is InChI=1S/C21H23F2N3O3S/c1-3-29-25(2)20(28)26-21(12-7-13-27,15-8-5-4-6-9-15)30-19(24-26)17-14-16(22)10-11-18(17)23/h4-6,8-11,14,27H,3,7,12-13H2,1-2H3. The van der Waals surface area contributed by atoms with Crippen molar-refractivity contribution >= 4 is 22.8 Å². The number of thioether (sulfide) groups is 1. The summed E-state index contributed by atoms with van der Waals surface area (Å²) in [6.07, 6.45) is 0.715. The fourth-order valence-corrected chi connectivity index (χ4v) is 4.66. The van der Waals surface area contributed by atoms with E-state index in [4.69, 9.17) is 4.84 Å². The minimum Gasteiger partial charge on any atom is -0.396 e. The van der Waals surface area contributed by atoms with Crippen LogP contribution in [0.2, 0.25) is 0 Å². The molecular weight excluding hydrogens is 412 g/mol. The van der Waals surface area contributed by atoms with E-state index in [1.807, 2.05) is 30.3 Å². The highest BCUT2D eigenvalue weighted by Gasteiger charge is 2.49. The van der Waals surface area contributed by atoms with Gasteiger partial charge in [0.05, 0.1) is 6.61 Å². The Morgan fingerprint density at radius 1 is 1.27 bits per heavy atom. The van der Waals surface area contributed by atoms with Crippen molar-refractivity contribution in [2.24, 2.45) is 5.10 Å². The molecule has 0 spiro atoms. The molecule has 1 heterocycles. The first-order chi connectivity index (χ1) is 14.4. The molecule has 30 heavy (non-hydrogen) atoms. The van der Waals surface area contributed by atoms with E-state index in [1.165, 1.54) is 12.1 Å². The summed E-state index contributed by atoms with van der Waals surface area (Å²) < 4.78 is 28.3. The van der Waals surface area contributed by atoms with Crippen molar-refractivity contribution in [2.75, 3.05) is 20.3 Å². The Hall–Kier alpha value is -2.49. The summed E-state index contributed by atoms with van der Waals surface area (Å²) in [5.74, 6) is -1.24. The quantitative estimate of drug-likeness (QED) is 0.659. The van der Waals surface area contributed by atoms with Gasteiger partial charge < -0.3 is 5.11 Å². The van der Waals surface area contributed by atoms with Gasteiger partial charge in [0.15, 0.2) is 0 Å². The smallest absolute Gasteiger partial charge is 0.365 e. The summed E-state index contributed by atoms with van der Waals surface area (Å²) in [4.78, 5) is 17.5. The number of rotatable bonds is 7. The highest BCUT2D eigenvalue weighted by Crippen LogP contribution is 2.50. The van der Waals surface area contributed by atoms with Gasteiger partial charge in [-0.2, -0.15) is 10.1 Å². The Bertz CT molecular complexity index is 929. The number of benzene rings is 2. The van der Waals surface area contributed by atoms with Gasteiger partial charge in [-0.3, -0.25) is 4.84 Å². The highest BCUT2D eigenvalue weighted by atomic mass is 32.2. The Labute approximate surface area is 178 Å². The maximum atomic E-state index is 14.5. The molecule has 0 aliphatic carbocycles. The van der Waals surface area contributed by atoms with Gasteiger partial charge in [0.25, 0.3) is 0 Å². The maximum Gasteiger partial charge on any atom is 0.365 e. The molecule has 0 saturated carbocycles. The summed E-state index contributed by atoms with van der Waals surface area (Å²) in [7, 11) is 1.47. The van der Waals surface area contributed by atoms with E-state index < -0.39 is 22.5 Å². The zero-order valence-corrected chi connectivity index (χ0v) is 17.5. The van der Waals surface area contributed by atoms with Crippen LogP contribution in [-0.4, -0.2) is 46.5 Å². The SMILES string of the molecule is CCON(C)C(=O)N1N=C(c2cc(F)ccc2F)SC1(CCCO)c1ccccc1.